The van der Waals surface area contributed by atoms with Crippen molar-refractivity contribution >= 4 is 5.97 Å². The topological polar surface area (TPSA) is 26.3 Å². The number of rotatable bonds is 4. The predicted octanol–water partition coefficient (Wildman–Crippen LogP) is 2.77. The van der Waals surface area contributed by atoms with Crippen molar-refractivity contribution in [1.29, 1.82) is 0 Å². The lowest BCUT2D eigenvalue weighted by atomic mass is 9.85. The monoisotopic (exact) mass is 196 g/mol. The molecule has 2 saturated carbocycles. The Labute approximate surface area is 86.0 Å². The van der Waals surface area contributed by atoms with E-state index >= 15 is 0 Å². The van der Waals surface area contributed by atoms with Crippen molar-refractivity contribution in [2.75, 3.05) is 6.61 Å². The molecule has 2 aliphatic rings. The van der Waals surface area contributed by atoms with E-state index in [1.165, 1.54) is 25.7 Å². The number of ether oxygens (including phenoxy) is 1. The van der Waals surface area contributed by atoms with Crippen LogP contribution in [0.25, 0.3) is 0 Å². The Morgan fingerprint density at radius 3 is 2.79 bits per heavy atom. The third-order valence-electron chi connectivity index (χ3n) is 3.91. The summed E-state index contributed by atoms with van der Waals surface area (Å²) in [5.74, 6) is 2.76. The van der Waals surface area contributed by atoms with Crippen molar-refractivity contribution in [3.63, 3.8) is 0 Å². The van der Waals surface area contributed by atoms with E-state index in [-0.39, 0.29) is 5.97 Å². The van der Waals surface area contributed by atoms with E-state index in [0.717, 1.165) is 24.2 Å². The van der Waals surface area contributed by atoms with Crippen molar-refractivity contribution in [1.82, 2.24) is 0 Å². The summed E-state index contributed by atoms with van der Waals surface area (Å²) in [6.07, 6.45) is 7.39. The Bertz CT molecular complexity index is 212. The second-order valence-corrected chi connectivity index (χ2v) is 4.78. The second kappa shape index (κ2) is 4.33. The minimum Gasteiger partial charge on any atom is -0.466 e. The minimum absolute atomic E-state index is 0.00438. The van der Waals surface area contributed by atoms with Gasteiger partial charge < -0.3 is 4.74 Å². The standard InChI is InChI=1S/C12H20O2/c1-2-14-12(13)6-5-11-8-9-3-4-10(11)7-9/h9-11H,2-8H2,1H3/t9-,10-,11+/m0/s1. The molecule has 0 unspecified atom stereocenters. The van der Waals surface area contributed by atoms with Crippen LogP contribution in [0.15, 0.2) is 0 Å². The van der Waals surface area contributed by atoms with E-state index in [0.29, 0.717) is 13.0 Å². The molecule has 0 aromatic rings. The SMILES string of the molecule is CCOC(=O)CC[C@@H]1C[C@H]2CC[C@H]1C2. The van der Waals surface area contributed by atoms with Crippen LogP contribution in [0.5, 0.6) is 0 Å². The second-order valence-electron chi connectivity index (χ2n) is 4.78. The van der Waals surface area contributed by atoms with Crippen molar-refractivity contribution in [2.45, 2.75) is 45.4 Å². The minimum atomic E-state index is -0.00438. The molecule has 2 fully saturated rings. The zero-order chi connectivity index (χ0) is 9.97. The van der Waals surface area contributed by atoms with Gasteiger partial charge in [-0.15, -0.1) is 0 Å². The van der Waals surface area contributed by atoms with Crippen molar-refractivity contribution < 1.29 is 9.53 Å². The van der Waals surface area contributed by atoms with Gasteiger partial charge in [-0.05, 0) is 50.4 Å². The molecule has 0 aliphatic heterocycles. The summed E-state index contributed by atoms with van der Waals surface area (Å²) in [4.78, 5) is 11.2. The lowest BCUT2D eigenvalue weighted by molar-refractivity contribution is -0.143. The molecular weight excluding hydrogens is 176 g/mol. The molecule has 0 heterocycles. The van der Waals surface area contributed by atoms with E-state index in [2.05, 4.69) is 0 Å². The fraction of sp³-hybridized carbons (Fsp3) is 0.917. The van der Waals surface area contributed by atoms with Gasteiger partial charge >= 0.3 is 5.97 Å². The molecule has 3 atom stereocenters. The normalized spacial score (nSPS) is 34.8. The summed E-state index contributed by atoms with van der Waals surface area (Å²) >= 11 is 0. The zero-order valence-electron chi connectivity index (χ0n) is 9.00. The molecule has 80 valence electrons. The van der Waals surface area contributed by atoms with Crippen molar-refractivity contribution in [3.05, 3.63) is 0 Å². The summed E-state index contributed by atoms with van der Waals surface area (Å²) in [5.41, 5.74) is 0. The molecule has 0 aromatic heterocycles. The van der Waals surface area contributed by atoms with E-state index in [9.17, 15) is 4.79 Å². The van der Waals surface area contributed by atoms with Crippen LogP contribution >= 0.6 is 0 Å². The van der Waals surface area contributed by atoms with E-state index in [4.69, 9.17) is 4.74 Å². The van der Waals surface area contributed by atoms with Gasteiger partial charge in [0.2, 0.25) is 0 Å². The lowest BCUT2D eigenvalue weighted by Crippen LogP contribution is -2.13. The van der Waals surface area contributed by atoms with E-state index < -0.39 is 0 Å². The summed E-state index contributed by atoms with van der Waals surface area (Å²) in [6.45, 7) is 2.39. The lowest BCUT2D eigenvalue weighted by Gasteiger charge is -2.20. The van der Waals surface area contributed by atoms with Crippen LogP contribution in [-0.2, 0) is 9.53 Å². The van der Waals surface area contributed by atoms with Gasteiger partial charge in [-0.1, -0.05) is 6.42 Å². The first-order valence-electron chi connectivity index (χ1n) is 5.95. The predicted molar refractivity (Wildman–Crippen MR) is 54.8 cm³/mol. The Morgan fingerprint density at radius 1 is 1.36 bits per heavy atom. The van der Waals surface area contributed by atoms with Crippen LogP contribution < -0.4 is 0 Å². The third-order valence-corrected chi connectivity index (χ3v) is 3.91. The molecule has 2 nitrogen and oxygen atoms in total. The Morgan fingerprint density at radius 2 is 2.21 bits per heavy atom. The first-order chi connectivity index (χ1) is 6.79. The van der Waals surface area contributed by atoms with Gasteiger partial charge in [0.15, 0.2) is 0 Å². The summed E-state index contributed by atoms with van der Waals surface area (Å²) in [7, 11) is 0. The highest BCUT2D eigenvalue weighted by molar-refractivity contribution is 5.69. The van der Waals surface area contributed by atoms with Gasteiger partial charge in [0, 0.05) is 6.42 Å². The Hall–Kier alpha value is -0.530. The fourth-order valence-electron chi connectivity index (χ4n) is 3.27. The first-order valence-corrected chi connectivity index (χ1v) is 5.95. The van der Waals surface area contributed by atoms with Gasteiger partial charge in [-0.3, -0.25) is 4.79 Å². The molecular formula is C12H20O2. The average Bonchev–Trinajstić information content (AvgIpc) is 2.76. The van der Waals surface area contributed by atoms with Gasteiger partial charge in [0.1, 0.15) is 0 Å². The van der Waals surface area contributed by atoms with Crippen LogP contribution in [0.1, 0.15) is 45.4 Å². The van der Waals surface area contributed by atoms with Crippen LogP contribution in [0.4, 0.5) is 0 Å². The Balaban J connectivity index is 1.69. The first kappa shape index (κ1) is 10.0. The summed E-state index contributed by atoms with van der Waals surface area (Å²) < 4.78 is 4.94. The fourth-order valence-corrected chi connectivity index (χ4v) is 3.27. The Kier molecular flexibility index (Phi) is 3.09. The maximum absolute atomic E-state index is 11.2. The van der Waals surface area contributed by atoms with E-state index in [1.807, 2.05) is 6.92 Å². The molecule has 0 aromatic carbocycles. The van der Waals surface area contributed by atoms with Crippen molar-refractivity contribution in [3.8, 4) is 0 Å². The molecule has 0 amide bonds. The number of carbonyl (C=O) groups excluding carboxylic acids is 1. The van der Waals surface area contributed by atoms with Gasteiger partial charge in [-0.25, -0.2) is 0 Å². The third kappa shape index (κ3) is 2.10. The van der Waals surface area contributed by atoms with Crippen LogP contribution in [0.3, 0.4) is 0 Å². The largest absolute Gasteiger partial charge is 0.466 e. The van der Waals surface area contributed by atoms with Gasteiger partial charge in [-0.2, -0.15) is 0 Å². The van der Waals surface area contributed by atoms with Crippen LogP contribution in [0.2, 0.25) is 0 Å². The molecule has 0 radical (unpaired) electrons. The molecule has 14 heavy (non-hydrogen) atoms. The molecule has 2 heteroatoms. The molecule has 0 spiro atoms. The summed E-state index contributed by atoms with van der Waals surface area (Å²) in [6, 6.07) is 0. The smallest absolute Gasteiger partial charge is 0.305 e. The zero-order valence-corrected chi connectivity index (χ0v) is 9.00. The highest BCUT2D eigenvalue weighted by Gasteiger charge is 2.39. The number of hydrogen-bond donors (Lipinski definition) is 0. The van der Waals surface area contributed by atoms with Crippen molar-refractivity contribution in [2.24, 2.45) is 17.8 Å². The molecule has 0 N–H and O–H groups in total. The van der Waals surface area contributed by atoms with Gasteiger partial charge in [0.25, 0.3) is 0 Å². The number of fused-ring (bicyclic) bond motifs is 2. The maximum atomic E-state index is 11.2. The maximum Gasteiger partial charge on any atom is 0.305 e. The van der Waals surface area contributed by atoms with Crippen LogP contribution in [-0.4, -0.2) is 12.6 Å². The average molecular weight is 196 g/mol. The summed E-state index contributed by atoms with van der Waals surface area (Å²) in [5, 5.41) is 0. The molecule has 2 bridgehead atoms. The number of esters is 1. The molecule has 2 rings (SSSR count). The molecule has 2 aliphatic carbocycles. The highest BCUT2D eigenvalue weighted by Crippen LogP contribution is 2.49. The quantitative estimate of drug-likeness (QED) is 0.646. The van der Waals surface area contributed by atoms with Crippen LogP contribution in [0, 0.1) is 17.8 Å². The van der Waals surface area contributed by atoms with E-state index in [1.54, 1.807) is 0 Å². The van der Waals surface area contributed by atoms with Gasteiger partial charge in [0.05, 0.1) is 6.61 Å². The number of hydrogen-bond acceptors (Lipinski definition) is 2. The molecule has 0 saturated heterocycles. The highest BCUT2D eigenvalue weighted by atomic mass is 16.5. The number of carbonyl (C=O) groups is 1.